The first-order chi connectivity index (χ1) is 10.2. The minimum atomic E-state index is -0.381. The average molecular weight is 289 g/mol. The molecule has 1 saturated carbocycles. The Labute approximate surface area is 125 Å². The van der Waals surface area contributed by atoms with Crippen LogP contribution in [0.2, 0.25) is 0 Å². The van der Waals surface area contributed by atoms with Gasteiger partial charge in [-0.25, -0.2) is 9.78 Å². The van der Waals surface area contributed by atoms with Gasteiger partial charge in [0.2, 0.25) is 0 Å². The lowest BCUT2D eigenvalue weighted by Crippen LogP contribution is -2.38. The lowest BCUT2D eigenvalue weighted by Gasteiger charge is -2.29. The lowest BCUT2D eigenvalue weighted by molar-refractivity contribution is 0.0593. The molecule has 3 atom stereocenters. The van der Waals surface area contributed by atoms with Crippen LogP contribution in [0.3, 0.4) is 0 Å². The molecule has 0 radical (unpaired) electrons. The Morgan fingerprint density at radius 1 is 1.43 bits per heavy atom. The van der Waals surface area contributed by atoms with Crippen molar-refractivity contribution in [2.45, 2.75) is 31.8 Å². The minimum Gasteiger partial charge on any atom is -0.464 e. The van der Waals surface area contributed by atoms with E-state index in [2.05, 4.69) is 9.88 Å². The maximum atomic E-state index is 11.5. The van der Waals surface area contributed by atoms with Gasteiger partial charge in [-0.1, -0.05) is 12.5 Å². The van der Waals surface area contributed by atoms with Crippen molar-refractivity contribution in [2.75, 3.05) is 20.2 Å². The van der Waals surface area contributed by atoms with Gasteiger partial charge in [-0.15, -0.1) is 0 Å². The number of carbonyl (C=O) groups excluding carboxylic acids is 1. The van der Waals surface area contributed by atoms with E-state index in [1.54, 1.807) is 6.07 Å². The first-order valence-electron chi connectivity index (χ1n) is 7.69. The molecule has 1 aliphatic carbocycles. The largest absolute Gasteiger partial charge is 0.464 e. The Morgan fingerprint density at radius 3 is 3.05 bits per heavy atom. The maximum Gasteiger partial charge on any atom is 0.356 e. The Morgan fingerprint density at radius 2 is 2.29 bits per heavy atom. The molecule has 2 N–H and O–H groups in total. The molecule has 2 aliphatic rings. The summed E-state index contributed by atoms with van der Waals surface area (Å²) in [5.74, 6) is 0.981. The molecule has 2 fully saturated rings. The predicted molar refractivity (Wildman–Crippen MR) is 79.7 cm³/mol. The van der Waals surface area contributed by atoms with Crippen LogP contribution in [0.15, 0.2) is 18.2 Å². The first-order valence-corrected chi connectivity index (χ1v) is 7.69. The molecule has 5 nitrogen and oxygen atoms in total. The van der Waals surface area contributed by atoms with Crippen molar-refractivity contribution in [1.82, 2.24) is 9.88 Å². The van der Waals surface area contributed by atoms with Crippen LogP contribution in [0.1, 0.15) is 35.4 Å². The normalized spacial score (nSPS) is 29.1. The topological polar surface area (TPSA) is 68.5 Å². The second kappa shape index (κ2) is 6.12. The fourth-order valence-electron chi connectivity index (χ4n) is 3.75. The van der Waals surface area contributed by atoms with E-state index in [0.29, 0.717) is 17.7 Å². The summed E-state index contributed by atoms with van der Waals surface area (Å²) in [7, 11) is 1.38. The second-order valence-electron chi connectivity index (χ2n) is 6.22. The molecule has 21 heavy (non-hydrogen) atoms. The zero-order valence-corrected chi connectivity index (χ0v) is 12.5. The van der Waals surface area contributed by atoms with Crippen molar-refractivity contribution in [3.63, 3.8) is 0 Å². The Kier molecular flexibility index (Phi) is 4.22. The highest BCUT2D eigenvalue weighted by Crippen LogP contribution is 2.35. The number of aromatic nitrogens is 1. The maximum absolute atomic E-state index is 11.5. The molecule has 0 aromatic carbocycles. The molecule has 1 aromatic heterocycles. The number of hydrogen-bond donors (Lipinski definition) is 1. The first kappa shape index (κ1) is 14.5. The summed E-state index contributed by atoms with van der Waals surface area (Å²) in [5, 5.41) is 0. The average Bonchev–Trinajstić information content (AvgIpc) is 2.90. The molecule has 114 valence electrons. The van der Waals surface area contributed by atoms with Crippen LogP contribution in [0.5, 0.6) is 0 Å². The standard InChI is InChI=1S/C16H23N3O2/c1-21-16(20)15-7-3-5-12(18-15)9-19-8-11-4-2-6-14(17)13(11)10-19/h3,5,7,11,13-14H,2,4,6,8-10,17H2,1H3. The van der Waals surface area contributed by atoms with Crippen molar-refractivity contribution in [3.05, 3.63) is 29.6 Å². The summed E-state index contributed by atoms with van der Waals surface area (Å²) in [6.45, 7) is 2.93. The van der Waals surface area contributed by atoms with E-state index in [1.807, 2.05) is 12.1 Å². The van der Waals surface area contributed by atoms with Crippen LogP contribution >= 0.6 is 0 Å². The second-order valence-corrected chi connectivity index (χ2v) is 6.22. The monoisotopic (exact) mass is 289 g/mol. The number of carbonyl (C=O) groups is 1. The Balaban J connectivity index is 1.66. The smallest absolute Gasteiger partial charge is 0.356 e. The van der Waals surface area contributed by atoms with Crippen molar-refractivity contribution in [1.29, 1.82) is 0 Å². The van der Waals surface area contributed by atoms with Crippen LogP contribution in [0.4, 0.5) is 0 Å². The molecule has 2 heterocycles. The van der Waals surface area contributed by atoms with Crippen LogP contribution in [-0.4, -0.2) is 42.1 Å². The van der Waals surface area contributed by atoms with Gasteiger partial charge in [-0.2, -0.15) is 0 Å². The van der Waals surface area contributed by atoms with Gasteiger partial charge in [0.25, 0.3) is 0 Å². The third-order valence-electron chi connectivity index (χ3n) is 4.82. The van der Waals surface area contributed by atoms with E-state index in [1.165, 1.54) is 20.0 Å². The zero-order chi connectivity index (χ0) is 14.8. The molecule has 0 amide bonds. The number of pyridine rings is 1. The van der Waals surface area contributed by atoms with Crippen molar-refractivity contribution in [2.24, 2.45) is 17.6 Å². The lowest BCUT2D eigenvalue weighted by atomic mass is 9.78. The molecule has 1 aliphatic heterocycles. The zero-order valence-electron chi connectivity index (χ0n) is 12.5. The predicted octanol–water partition coefficient (Wildman–Crippen LogP) is 1.43. The summed E-state index contributed by atoms with van der Waals surface area (Å²) < 4.78 is 4.72. The van der Waals surface area contributed by atoms with Gasteiger partial charge < -0.3 is 10.5 Å². The van der Waals surface area contributed by atoms with Crippen molar-refractivity contribution < 1.29 is 9.53 Å². The van der Waals surface area contributed by atoms with E-state index in [4.69, 9.17) is 10.5 Å². The highest BCUT2D eigenvalue weighted by atomic mass is 16.5. The number of esters is 1. The Hall–Kier alpha value is -1.46. The third kappa shape index (κ3) is 3.09. The van der Waals surface area contributed by atoms with Gasteiger partial charge >= 0.3 is 5.97 Å². The molecule has 3 unspecified atom stereocenters. The molecule has 0 spiro atoms. The van der Waals surface area contributed by atoms with Crippen molar-refractivity contribution in [3.8, 4) is 0 Å². The molecule has 1 aromatic rings. The van der Waals surface area contributed by atoms with E-state index >= 15 is 0 Å². The molecule has 5 heteroatoms. The molecular formula is C16H23N3O2. The molecule has 1 saturated heterocycles. The summed E-state index contributed by atoms with van der Waals surface area (Å²) in [6, 6.07) is 5.87. The fourth-order valence-corrected chi connectivity index (χ4v) is 3.75. The third-order valence-corrected chi connectivity index (χ3v) is 4.82. The molecular weight excluding hydrogens is 266 g/mol. The van der Waals surface area contributed by atoms with E-state index in [0.717, 1.165) is 37.7 Å². The number of nitrogens with zero attached hydrogens (tertiary/aromatic N) is 2. The van der Waals surface area contributed by atoms with Gasteiger partial charge in [-0.3, -0.25) is 4.90 Å². The quantitative estimate of drug-likeness (QED) is 0.853. The number of hydrogen-bond acceptors (Lipinski definition) is 5. The minimum absolute atomic E-state index is 0.350. The highest BCUT2D eigenvalue weighted by Gasteiger charge is 2.38. The fraction of sp³-hybridized carbons (Fsp3) is 0.625. The van der Waals surface area contributed by atoms with Crippen LogP contribution in [0.25, 0.3) is 0 Å². The summed E-state index contributed by atoms with van der Waals surface area (Å²) >= 11 is 0. The number of ether oxygens (including phenoxy) is 1. The number of likely N-dealkylation sites (tertiary alicyclic amines) is 1. The molecule has 3 rings (SSSR count). The van der Waals surface area contributed by atoms with E-state index in [-0.39, 0.29) is 5.97 Å². The number of fused-ring (bicyclic) bond motifs is 1. The summed E-state index contributed by atoms with van der Waals surface area (Å²) in [6.07, 6.45) is 3.71. The van der Waals surface area contributed by atoms with Crippen LogP contribution < -0.4 is 5.73 Å². The highest BCUT2D eigenvalue weighted by molar-refractivity contribution is 5.87. The van der Waals surface area contributed by atoms with Gasteiger partial charge in [0.15, 0.2) is 0 Å². The Bertz CT molecular complexity index is 520. The number of methoxy groups -OCH3 is 1. The van der Waals surface area contributed by atoms with Gasteiger partial charge in [-0.05, 0) is 36.8 Å². The summed E-state index contributed by atoms with van der Waals surface area (Å²) in [5.41, 5.74) is 7.55. The van der Waals surface area contributed by atoms with E-state index in [9.17, 15) is 4.79 Å². The van der Waals surface area contributed by atoms with Crippen molar-refractivity contribution >= 4 is 5.97 Å². The summed E-state index contributed by atoms with van der Waals surface area (Å²) in [4.78, 5) is 18.4. The van der Waals surface area contributed by atoms with Crippen LogP contribution in [0, 0.1) is 11.8 Å². The van der Waals surface area contributed by atoms with Gasteiger partial charge in [0.05, 0.1) is 12.8 Å². The molecule has 0 bridgehead atoms. The number of nitrogens with two attached hydrogens (primary N) is 1. The van der Waals surface area contributed by atoms with Crippen LogP contribution in [-0.2, 0) is 11.3 Å². The van der Waals surface area contributed by atoms with Gasteiger partial charge in [0.1, 0.15) is 5.69 Å². The van der Waals surface area contributed by atoms with E-state index < -0.39 is 0 Å². The van der Waals surface area contributed by atoms with Gasteiger partial charge in [0, 0.05) is 25.7 Å². The number of rotatable bonds is 3. The SMILES string of the molecule is COC(=O)c1cccc(CN2CC3CCCC(N)C3C2)n1.